The summed E-state index contributed by atoms with van der Waals surface area (Å²) in [5.74, 6) is 0.334. The molecule has 0 heterocycles. The van der Waals surface area contributed by atoms with Gasteiger partial charge < -0.3 is 15.2 Å². The number of carbonyl (C=O) groups excluding carboxylic acids is 1. The summed E-state index contributed by atoms with van der Waals surface area (Å²) >= 11 is 0. The van der Waals surface area contributed by atoms with Crippen molar-refractivity contribution < 1.29 is 14.3 Å². The molecule has 1 aromatic rings. The molecule has 0 saturated carbocycles. The van der Waals surface area contributed by atoms with Crippen LogP contribution in [-0.4, -0.2) is 19.7 Å². The molecule has 0 atom stereocenters. The number of ether oxygens (including phenoxy) is 2. The average molecular weight is 209 g/mol. The standard InChI is InChI=1S/C11H15NO3/c1-3-15-11(13)7-8-4-5-9(12)10(6-8)14-2/h4-6H,3,7,12H2,1-2H3. The molecule has 1 rings (SSSR count). The number of rotatable bonds is 4. The zero-order chi connectivity index (χ0) is 11.3. The van der Waals surface area contributed by atoms with Crippen LogP contribution in [0, 0.1) is 0 Å². The number of hydrogen-bond donors (Lipinski definition) is 1. The highest BCUT2D eigenvalue weighted by Crippen LogP contribution is 2.22. The maximum absolute atomic E-state index is 11.2. The number of esters is 1. The van der Waals surface area contributed by atoms with Crippen molar-refractivity contribution in [2.75, 3.05) is 19.5 Å². The summed E-state index contributed by atoms with van der Waals surface area (Å²) in [6.45, 7) is 2.17. The molecule has 0 amide bonds. The lowest BCUT2D eigenvalue weighted by Gasteiger charge is -2.07. The number of hydrogen-bond acceptors (Lipinski definition) is 4. The number of methoxy groups -OCH3 is 1. The van der Waals surface area contributed by atoms with Gasteiger partial charge in [-0.2, -0.15) is 0 Å². The SMILES string of the molecule is CCOC(=O)Cc1ccc(N)c(OC)c1. The normalized spacial score (nSPS) is 9.73. The minimum absolute atomic E-state index is 0.241. The fourth-order valence-corrected chi connectivity index (χ4v) is 1.24. The molecule has 4 nitrogen and oxygen atoms in total. The molecule has 0 aliphatic carbocycles. The van der Waals surface area contributed by atoms with Gasteiger partial charge in [-0.3, -0.25) is 4.79 Å². The number of nitrogens with two attached hydrogens (primary N) is 1. The zero-order valence-electron chi connectivity index (χ0n) is 8.95. The Hall–Kier alpha value is -1.71. The van der Waals surface area contributed by atoms with Gasteiger partial charge in [0.15, 0.2) is 0 Å². The predicted octanol–water partition coefficient (Wildman–Crippen LogP) is 1.38. The van der Waals surface area contributed by atoms with Crippen molar-refractivity contribution >= 4 is 11.7 Å². The fourth-order valence-electron chi connectivity index (χ4n) is 1.24. The van der Waals surface area contributed by atoms with Gasteiger partial charge in [0.25, 0.3) is 0 Å². The van der Waals surface area contributed by atoms with E-state index in [9.17, 15) is 4.79 Å². The Kier molecular flexibility index (Phi) is 3.97. The molecule has 82 valence electrons. The van der Waals surface area contributed by atoms with Crippen LogP contribution < -0.4 is 10.5 Å². The largest absolute Gasteiger partial charge is 0.495 e. The van der Waals surface area contributed by atoms with Gasteiger partial charge in [-0.25, -0.2) is 0 Å². The number of anilines is 1. The maximum Gasteiger partial charge on any atom is 0.310 e. The van der Waals surface area contributed by atoms with Gasteiger partial charge in [-0.05, 0) is 24.6 Å². The molecule has 0 unspecified atom stereocenters. The van der Waals surface area contributed by atoms with E-state index >= 15 is 0 Å². The highest BCUT2D eigenvalue weighted by molar-refractivity contribution is 5.73. The van der Waals surface area contributed by atoms with E-state index in [1.54, 1.807) is 32.2 Å². The minimum Gasteiger partial charge on any atom is -0.495 e. The van der Waals surface area contributed by atoms with E-state index in [-0.39, 0.29) is 12.4 Å². The summed E-state index contributed by atoms with van der Waals surface area (Å²) in [5.41, 5.74) is 7.04. The van der Waals surface area contributed by atoms with E-state index in [2.05, 4.69) is 0 Å². The van der Waals surface area contributed by atoms with E-state index < -0.39 is 0 Å². The summed E-state index contributed by atoms with van der Waals surface area (Å²) < 4.78 is 9.89. The third-order valence-corrected chi connectivity index (χ3v) is 1.95. The van der Waals surface area contributed by atoms with Crippen LogP contribution in [0.1, 0.15) is 12.5 Å². The quantitative estimate of drug-likeness (QED) is 0.601. The first-order chi connectivity index (χ1) is 7.17. The molecule has 0 fully saturated rings. The van der Waals surface area contributed by atoms with Crippen molar-refractivity contribution in [1.29, 1.82) is 0 Å². The monoisotopic (exact) mass is 209 g/mol. The number of benzene rings is 1. The molecule has 0 radical (unpaired) electrons. The van der Waals surface area contributed by atoms with E-state index in [0.29, 0.717) is 18.0 Å². The van der Waals surface area contributed by atoms with Crippen LogP contribution in [0.25, 0.3) is 0 Å². The molecule has 0 aliphatic heterocycles. The third kappa shape index (κ3) is 3.16. The highest BCUT2D eigenvalue weighted by atomic mass is 16.5. The maximum atomic E-state index is 11.2. The summed E-state index contributed by atoms with van der Waals surface area (Å²) in [5, 5.41) is 0. The van der Waals surface area contributed by atoms with Crippen LogP contribution in [0.3, 0.4) is 0 Å². The van der Waals surface area contributed by atoms with Gasteiger partial charge in [0.1, 0.15) is 5.75 Å². The first kappa shape index (κ1) is 11.4. The van der Waals surface area contributed by atoms with Crippen molar-refractivity contribution in [2.24, 2.45) is 0 Å². The van der Waals surface area contributed by atoms with E-state index in [1.165, 1.54) is 0 Å². The first-order valence-corrected chi connectivity index (χ1v) is 4.75. The van der Waals surface area contributed by atoms with Gasteiger partial charge in [-0.15, -0.1) is 0 Å². The van der Waals surface area contributed by atoms with Crippen molar-refractivity contribution in [2.45, 2.75) is 13.3 Å². The fraction of sp³-hybridized carbons (Fsp3) is 0.364. The van der Waals surface area contributed by atoms with Gasteiger partial charge in [0.05, 0.1) is 25.8 Å². The molecule has 0 spiro atoms. The lowest BCUT2D eigenvalue weighted by Crippen LogP contribution is -2.07. The predicted molar refractivity (Wildman–Crippen MR) is 57.7 cm³/mol. The average Bonchev–Trinajstić information content (AvgIpc) is 2.21. The van der Waals surface area contributed by atoms with E-state index in [4.69, 9.17) is 15.2 Å². The van der Waals surface area contributed by atoms with E-state index in [0.717, 1.165) is 5.56 Å². The molecule has 1 aromatic carbocycles. The topological polar surface area (TPSA) is 61.5 Å². The number of nitrogen functional groups attached to an aromatic ring is 1. The van der Waals surface area contributed by atoms with Crippen molar-refractivity contribution in [3.05, 3.63) is 23.8 Å². The Morgan fingerprint density at radius 2 is 2.20 bits per heavy atom. The summed E-state index contributed by atoms with van der Waals surface area (Å²) in [6, 6.07) is 5.24. The van der Waals surface area contributed by atoms with Gasteiger partial charge in [0, 0.05) is 0 Å². The van der Waals surface area contributed by atoms with Crippen LogP contribution in [0.2, 0.25) is 0 Å². The Morgan fingerprint density at radius 1 is 1.47 bits per heavy atom. The Bertz CT molecular complexity index is 350. The lowest BCUT2D eigenvalue weighted by molar-refractivity contribution is -0.142. The molecule has 0 bridgehead atoms. The number of carbonyl (C=O) groups is 1. The van der Waals surface area contributed by atoms with Gasteiger partial charge in [-0.1, -0.05) is 6.07 Å². The molecule has 4 heteroatoms. The van der Waals surface area contributed by atoms with Crippen molar-refractivity contribution in [1.82, 2.24) is 0 Å². The van der Waals surface area contributed by atoms with Gasteiger partial charge in [0.2, 0.25) is 0 Å². The van der Waals surface area contributed by atoms with Crippen molar-refractivity contribution in [3.8, 4) is 5.75 Å². The highest BCUT2D eigenvalue weighted by Gasteiger charge is 2.06. The van der Waals surface area contributed by atoms with Crippen LogP contribution in [0.4, 0.5) is 5.69 Å². The smallest absolute Gasteiger partial charge is 0.310 e. The summed E-state index contributed by atoms with van der Waals surface area (Å²) in [6.07, 6.45) is 0.241. The van der Waals surface area contributed by atoms with Crippen LogP contribution in [0.15, 0.2) is 18.2 Å². The van der Waals surface area contributed by atoms with Crippen molar-refractivity contribution in [3.63, 3.8) is 0 Å². The molecule has 15 heavy (non-hydrogen) atoms. The van der Waals surface area contributed by atoms with E-state index in [1.807, 2.05) is 0 Å². The zero-order valence-corrected chi connectivity index (χ0v) is 8.95. The van der Waals surface area contributed by atoms with Crippen LogP contribution in [0.5, 0.6) is 5.75 Å². The summed E-state index contributed by atoms with van der Waals surface area (Å²) in [4.78, 5) is 11.2. The molecule has 2 N–H and O–H groups in total. The second-order valence-corrected chi connectivity index (χ2v) is 3.06. The van der Waals surface area contributed by atoms with Gasteiger partial charge >= 0.3 is 5.97 Å². The molecular weight excluding hydrogens is 194 g/mol. The van der Waals surface area contributed by atoms with Crippen LogP contribution in [-0.2, 0) is 16.0 Å². The molecule has 0 saturated heterocycles. The molecular formula is C11H15NO3. The first-order valence-electron chi connectivity index (χ1n) is 4.75. The second kappa shape index (κ2) is 5.24. The molecule has 0 aliphatic rings. The minimum atomic E-state index is -0.246. The third-order valence-electron chi connectivity index (χ3n) is 1.95. The Morgan fingerprint density at radius 3 is 2.80 bits per heavy atom. The Labute approximate surface area is 89.0 Å². The molecule has 0 aromatic heterocycles. The summed E-state index contributed by atoms with van der Waals surface area (Å²) in [7, 11) is 1.54. The second-order valence-electron chi connectivity index (χ2n) is 3.06. The lowest BCUT2D eigenvalue weighted by atomic mass is 10.1. The van der Waals surface area contributed by atoms with Crippen LogP contribution >= 0.6 is 0 Å². The Balaban J connectivity index is 2.74.